The number of phenolic OH excluding ortho intramolecular Hbond substituents is 1. The van der Waals surface area contributed by atoms with Crippen molar-refractivity contribution in [1.82, 2.24) is 9.62 Å². The normalized spacial score (nSPS) is 15.2. The van der Waals surface area contributed by atoms with E-state index in [-0.39, 0.29) is 23.1 Å². The third kappa shape index (κ3) is 4.98. The summed E-state index contributed by atoms with van der Waals surface area (Å²) in [6.45, 7) is 1.23. The highest BCUT2D eigenvalue weighted by Crippen LogP contribution is 2.29. The van der Waals surface area contributed by atoms with Gasteiger partial charge in [0.2, 0.25) is 10.0 Å². The van der Waals surface area contributed by atoms with Gasteiger partial charge in [0.15, 0.2) is 0 Å². The second-order valence-corrected chi connectivity index (χ2v) is 9.36. The van der Waals surface area contributed by atoms with Crippen LogP contribution in [0.4, 0.5) is 0 Å². The number of piperidine rings is 1. The highest BCUT2D eigenvalue weighted by Gasteiger charge is 2.25. The average Bonchev–Trinajstić information content (AvgIpc) is 3.32. The van der Waals surface area contributed by atoms with Gasteiger partial charge < -0.3 is 14.4 Å². The van der Waals surface area contributed by atoms with Crippen molar-refractivity contribution >= 4 is 15.9 Å². The molecule has 4 rings (SSSR count). The van der Waals surface area contributed by atoms with Gasteiger partial charge >= 0.3 is 0 Å². The maximum absolute atomic E-state index is 13.0. The molecule has 0 radical (unpaired) electrons. The van der Waals surface area contributed by atoms with Gasteiger partial charge in [0.05, 0.1) is 17.7 Å². The molecule has 162 valence electrons. The fourth-order valence-electron chi connectivity index (χ4n) is 3.80. The Morgan fingerprint density at radius 1 is 1.06 bits per heavy atom. The fourth-order valence-corrected chi connectivity index (χ4v) is 4.84. The standard InChI is InChI=1S/C23H24N2O5S/c26-20-8-6-17(7-9-20)18-10-12-25(13-11-18)23(27)19-3-1-5-22(15-19)31(28,29)24-16-21-4-2-14-30-21/h1-9,14-15,18,24,26H,10-13,16H2. The Morgan fingerprint density at radius 3 is 2.48 bits per heavy atom. The van der Waals surface area contributed by atoms with Crippen LogP contribution in [0, 0.1) is 0 Å². The molecule has 1 aromatic heterocycles. The number of hydrogen-bond donors (Lipinski definition) is 2. The molecule has 1 aliphatic heterocycles. The summed E-state index contributed by atoms with van der Waals surface area (Å²) in [5, 5.41) is 9.45. The number of phenols is 1. The lowest BCUT2D eigenvalue weighted by Gasteiger charge is -2.32. The van der Waals surface area contributed by atoms with Crippen LogP contribution in [-0.2, 0) is 16.6 Å². The van der Waals surface area contributed by atoms with E-state index in [1.165, 1.54) is 18.4 Å². The summed E-state index contributed by atoms with van der Waals surface area (Å²) in [5.41, 5.74) is 1.50. The molecule has 0 atom stereocenters. The zero-order chi connectivity index (χ0) is 21.8. The number of nitrogens with zero attached hydrogens (tertiary/aromatic N) is 1. The van der Waals surface area contributed by atoms with Crippen molar-refractivity contribution in [2.24, 2.45) is 0 Å². The maximum atomic E-state index is 13.0. The first-order chi connectivity index (χ1) is 14.9. The summed E-state index contributed by atoms with van der Waals surface area (Å²) in [7, 11) is -3.77. The number of sulfonamides is 1. The summed E-state index contributed by atoms with van der Waals surface area (Å²) in [5.74, 6) is 0.909. The third-order valence-electron chi connectivity index (χ3n) is 5.55. The van der Waals surface area contributed by atoms with Gasteiger partial charge in [-0.3, -0.25) is 4.79 Å². The van der Waals surface area contributed by atoms with Crippen LogP contribution in [0.3, 0.4) is 0 Å². The highest BCUT2D eigenvalue weighted by atomic mass is 32.2. The van der Waals surface area contributed by atoms with Crippen molar-refractivity contribution < 1.29 is 22.7 Å². The summed E-state index contributed by atoms with van der Waals surface area (Å²) < 4.78 is 32.9. The van der Waals surface area contributed by atoms with Crippen LogP contribution in [0.5, 0.6) is 5.75 Å². The molecule has 2 N–H and O–H groups in total. The predicted octanol–water partition coefficient (Wildman–Crippen LogP) is 3.48. The van der Waals surface area contributed by atoms with Gasteiger partial charge in [0, 0.05) is 18.7 Å². The Labute approximate surface area is 181 Å². The minimum absolute atomic E-state index is 0.0400. The monoisotopic (exact) mass is 440 g/mol. The van der Waals surface area contributed by atoms with Gasteiger partial charge in [-0.25, -0.2) is 13.1 Å². The van der Waals surface area contributed by atoms with Crippen molar-refractivity contribution in [3.05, 3.63) is 83.8 Å². The van der Waals surface area contributed by atoms with E-state index >= 15 is 0 Å². The van der Waals surface area contributed by atoms with Crippen molar-refractivity contribution in [1.29, 1.82) is 0 Å². The Hall–Kier alpha value is -3.10. The van der Waals surface area contributed by atoms with Crippen molar-refractivity contribution in [2.45, 2.75) is 30.2 Å². The molecule has 8 heteroatoms. The first-order valence-electron chi connectivity index (χ1n) is 10.1. The van der Waals surface area contributed by atoms with Gasteiger partial charge in [0.1, 0.15) is 11.5 Å². The van der Waals surface area contributed by atoms with Crippen LogP contribution in [0.15, 0.2) is 76.2 Å². The summed E-state index contributed by atoms with van der Waals surface area (Å²) >= 11 is 0. The van der Waals surface area contributed by atoms with E-state index in [0.29, 0.717) is 30.3 Å². The molecule has 1 saturated heterocycles. The number of furan rings is 1. The lowest BCUT2D eigenvalue weighted by Crippen LogP contribution is -2.38. The highest BCUT2D eigenvalue weighted by molar-refractivity contribution is 7.89. The van der Waals surface area contributed by atoms with Crippen LogP contribution >= 0.6 is 0 Å². The molecule has 1 amide bonds. The largest absolute Gasteiger partial charge is 0.508 e. The maximum Gasteiger partial charge on any atom is 0.253 e. The van der Waals surface area contributed by atoms with Crippen molar-refractivity contribution in [3.63, 3.8) is 0 Å². The van der Waals surface area contributed by atoms with Crippen LogP contribution in [0.2, 0.25) is 0 Å². The Kier molecular flexibility index (Phi) is 6.11. The number of likely N-dealkylation sites (tertiary alicyclic amines) is 1. The summed E-state index contributed by atoms with van der Waals surface area (Å²) in [6.07, 6.45) is 3.12. The number of hydrogen-bond acceptors (Lipinski definition) is 5. The zero-order valence-electron chi connectivity index (χ0n) is 16.9. The zero-order valence-corrected chi connectivity index (χ0v) is 17.7. The topological polar surface area (TPSA) is 99.8 Å². The molecule has 7 nitrogen and oxygen atoms in total. The minimum Gasteiger partial charge on any atom is -0.508 e. The molecular formula is C23H24N2O5S. The van der Waals surface area contributed by atoms with E-state index in [4.69, 9.17) is 4.42 Å². The van der Waals surface area contributed by atoms with Crippen LogP contribution in [-0.4, -0.2) is 37.4 Å². The molecule has 1 fully saturated rings. The first kappa shape index (κ1) is 21.1. The van der Waals surface area contributed by atoms with E-state index < -0.39 is 10.0 Å². The Bertz CT molecular complexity index is 1130. The van der Waals surface area contributed by atoms with Crippen LogP contribution in [0.25, 0.3) is 0 Å². The summed E-state index contributed by atoms with van der Waals surface area (Å²) in [6, 6.07) is 16.7. The van der Waals surface area contributed by atoms with Crippen LogP contribution in [0.1, 0.15) is 40.4 Å². The number of carbonyl (C=O) groups excluding carboxylic acids is 1. The Balaban J connectivity index is 1.40. The predicted molar refractivity (Wildman–Crippen MR) is 115 cm³/mol. The molecule has 0 aliphatic carbocycles. The molecular weight excluding hydrogens is 416 g/mol. The van der Waals surface area contributed by atoms with Gasteiger partial charge in [0.25, 0.3) is 5.91 Å². The second-order valence-electron chi connectivity index (χ2n) is 7.59. The number of rotatable bonds is 6. The molecule has 3 aromatic rings. The van der Waals surface area contributed by atoms with E-state index in [9.17, 15) is 18.3 Å². The SMILES string of the molecule is O=C(c1cccc(S(=O)(=O)NCc2ccco2)c1)N1CCC(c2ccc(O)cc2)CC1. The first-order valence-corrected chi connectivity index (χ1v) is 11.6. The van der Waals surface area contributed by atoms with Crippen molar-refractivity contribution in [2.75, 3.05) is 13.1 Å². The number of carbonyl (C=O) groups is 1. The van der Waals surface area contributed by atoms with Crippen molar-refractivity contribution in [3.8, 4) is 5.75 Å². The van der Waals surface area contributed by atoms with Gasteiger partial charge in [-0.15, -0.1) is 0 Å². The fraction of sp³-hybridized carbons (Fsp3) is 0.261. The molecule has 0 bridgehead atoms. The lowest BCUT2D eigenvalue weighted by atomic mass is 9.89. The average molecular weight is 441 g/mol. The van der Waals surface area contributed by atoms with Gasteiger partial charge in [-0.1, -0.05) is 18.2 Å². The molecule has 1 aliphatic rings. The third-order valence-corrected chi connectivity index (χ3v) is 6.95. The second kappa shape index (κ2) is 8.95. The number of nitrogens with one attached hydrogen (secondary N) is 1. The molecule has 2 heterocycles. The molecule has 0 saturated carbocycles. The smallest absolute Gasteiger partial charge is 0.253 e. The van der Waals surface area contributed by atoms with E-state index in [1.807, 2.05) is 12.1 Å². The quantitative estimate of drug-likeness (QED) is 0.611. The van der Waals surface area contributed by atoms with E-state index in [1.54, 1.807) is 41.3 Å². The minimum atomic E-state index is -3.77. The number of aromatic hydroxyl groups is 1. The molecule has 0 spiro atoms. The lowest BCUT2D eigenvalue weighted by molar-refractivity contribution is 0.0712. The Morgan fingerprint density at radius 2 is 1.81 bits per heavy atom. The molecule has 2 aromatic carbocycles. The molecule has 31 heavy (non-hydrogen) atoms. The summed E-state index contributed by atoms with van der Waals surface area (Å²) in [4.78, 5) is 14.8. The van der Waals surface area contributed by atoms with Gasteiger partial charge in [-0.05, 0) is 66.8 Å². The number of benzene rings is 2. The molecule has 0 unspecified atom stereocenters. The van der Waals surface area contributed by atoms with E-state index in [0.717, 1.165) is 18.4 Å². The number of amides is 1. The van der Waals surface area contributed by atoms with E-state index in [2.05, 4.69) is 4.72 Å². The van der Waals surface area contributed by atoms with Gasteiger partial charge in [-0.2, -0.15) is 0 Å². The van der Waals surface area contributed by atoms with Crippen LogP contribution < -0.4 is 4.72 Å².